The molecule has 0 aromatic heterocycles. The molecule has 2 rings (SSSR count). The second-order valence-corrected chi connectivity index (χ2v) is 4.12. The maximum Gasteiger partial charge on any atom is 0.123 e. The average molecular weight is 206 g/mol. The smallest absolute Gasteiger partial charge is 0.123 e. The summed E-state index contributed by atoms with van der Waals surface area (Å²) in [5, 5.41) is 9.38. The Bertz CT molecular complexity index is 396. The van der Waals surface area contributed by atoms with E-state index in [9.17, 15) is 9.50 Å². The Hall–Kier alpha value is -1.15. The minimum absolute atomic E-state index is 0.187. The maximum absolute atomic E-state index is 12.9. The molecule has 0 saturated heterocycles. The highest BCUT2D eigenvalue weighted by molar-refractivity contribution is 5.68. The van der Waals surface area contributed by atoms with Crippen molar-refractivity contribution in [3.8, 4) is 0 Å². The predicted molar refractivity (Wildman–Crippen MR) is 59.0 cm³/mol. The van der Waals surface area contributed by atoms with E-state index < -0.39 is 0 Å². The molecule has 0 amide bonds. The lowest BCUT2D eigenvalue weighted by Crippen LogP contribution is -2.10. The number of aliphatic hydroxyl groups is 1. The number of aryl methyl sites for hydroxylation is 1. The zero-order valence-corrected chi connectivity index (χ0v) is 8.83. The van der Waals surface area contributed by atoms with Gasteiger partial charge in [0.05, 0.1) is 6.10 Å². The van der Waals surface area contributed by atoms with Gasteiger partial charge in [-0.1, -0.05) is 12.1 Å². The molecule has 0 radical (unpaired) electrons. The van der Waals surface area contributed by atoms with Gasteiger partial charge in [-0.25, -0.2) is 4.39 Å². The van der Waals surface area contributed by atoms with Gasteiger partial charge in [0.1, 0.15) is 5.82 Å². The summed E-state index contributed by atoms with van der Waals surface area (Å²) in [6.45, 7) is 1.92. The molecular formula is C13H15FO. The second kappa shape index (κ2) is 4.15. The van der Waals surface area contributed by atoms with Crippen molar-refractivity contribution < 1.29 is 9.50 Å². The lowest BCUT2D eigenvalue weighted by Gasteiger charge is -2.19. The molecule has 2 heteroatoms. The summed E-state index contributed by atoms with van der Waals surface area (Å²) in [5.74, 6) is -0.187. The molecule has 80 valence electrons. The minimum Gasteiger partial charge on any atom is -0.393 e. The standard InChI is InChI=1S/C13H15FO/c1-9-8-11(14)4-7-13(9)10-2-5-12(15)6-3-10/h2,4,7-8,12,15H,3,5-6H2,1H3/t12-/m1/s1. The molecule has 1 aromatic rings. The first kappa shape index (κ1) is 10.4. The number of hydrogen-bond acceptors (Lipinski definition) is 1. The topological polar surface area (TPSA) is 20.2 Å². The van der Waals surface area contributed by atoms with Gasteiger partial charge in [0, 0.05) is 0 Å². The molecular weight excluding hydrogens is 191 g/mol. The van der Waals surface area contributed by atoms with Gasteiger partial charge in [0.15, 0.2) is 0 Å². The van der Waals surface area contributed by atoms with E-state index in [4.69, 9.17) is 0 Å². The molecule has 0 bridgehead atoms. The predicted octanol–water partition coefficient (Wildman–Crippen LogP) is 3.06. The zero-order valence-electron chi connectivity index (χ0n) is 8.83. The quantitative estimate of drug-likeness (QED) is 0.748. The molecule has 1 atom stereocenters. The van der Waals surface area contributed by atoms with E-state index in [1.807, 2.05) is 13.0 Å². The summed E-state index contributed by atoms with van der Waals surface area (Å²) in [7, 11) is 0. The molecule has 0 spiro atoms. The van der Waals surface area contributed by atoms with E-state index >= 15 is 0 Å². The largest absolute Gasteiger partial charge is 0.393 e. The first-order valence-electron chi connectivity index (χ1n) is 5.30. The zero-order chi connectivity index (χ0) is 10.8. The van der Waals surface area contributed by atoms with Crippen molar-refractivity contribution in [1.29, 1.82) is 0 Å². The summed E-state index contributed by atoms with van der Waals surface area (Å²) in [6, 6.07) is 4.88. The monoisotopic (exact) mass is 206 g/mol. The Balaban J connectivity index is 2.30. The van der Waals surface area contributed by atoms with E-state index in [1.165, 1.54) is 11.6 Å². The van der Waals surface area contributed by atoms with Gasteiger partial charge in [-0.05, 0) is 55.0 Å². The Kier molecular flexibility index (Phi) is 2.87. The van der Waals surface area contributed by atoms with E-state index in [-0.39, 0.29) is 11.9 Å². The van der Waals surface area contributed by atoms with Crippen molar-refractivity contribution in [2.75, 3.05) is 0 Å². The fourth-order valence-electron chi connectivity index (χ4n) is 2.05. The van der Waals surface area contributed by atoms with Crippen LogP contribution in [0, 0.1) is 12.7 Å². The molecule has 1 aliphatic rings. The van der Waals surface area contributed by atoms with Crippen molar-refractivity contribution in [3.05, 3.63) is 41.2 Å². The van der Waals surface area contributed by atoms with E-state index in [0.29, 0.717) is 6.42 Å². The van der Waals surface area contributed by atoms with Crippen LogP contribution in [0.25, 0.3) is 5.57 Å². The summed E-state index contributed by atoms with van der Waals surface area (Å²) in [4.78, 5) is 0. The van der Waals surface area contributed by atoms with Crippen molar-refractivity contribution in [2.24, 2.45) is 0 Å². The third-order valence-electron chi connectivity index (χ3n) is 2.92. The van der Waals surface area contributed by atoms with Gasteiger partial charge in [0.25, 0.3) is 0 Å². The van der Waals surface area contributed by atoms with Gasteiger partial charge in [0.2, 0.25) is 0 Å². The summed E-state index contributed by atoms with van der Waals surface area (Å²) in [6.07, 6.45) is 4.27. The lowest BCUT2D eigenvalue weighted by molar-refractivity contribution is 0.166. The summed E-state index contributed by atoms with van der Waals surface area (Å²) < 4.78 is 12.9. The molecule has 1 N–H and O–H groups in total. The van der Waals surface area contributed by atoms with Crippen molar-refractivity contribution in [3.63, 3.8) is 0 Å². The number of aliphatic hydroxyl groups excluding tert-OH is 1. The molecule has 0 fully saturated rings. The highest BCUT2D eigenvalue weighted by Gasteiger charge is 2.14. The molecule has 0 heterocycles. The Morgan fingerprint density at radius 3 is 2.80 bits per heavy atom. The normalized spacial score (nSPS) is 21.3. The molecule has 0 unspecified atom stereocenters. The Labute approximate surface area is 89.3 Å². The van der Waals surface area contributed by atoms with Crippen LogP contribution in [0.4, 0.5) is 4.39 Å². The van der Waals surface area contributed by atoms with Crippen LogP contribution < -0.4 is 0 Å². The van der Waals surface area contributed by atoms with E-state index in [2.05, 4.69) is 6.08 Å². The maximum atomic E-state index is 12.9. The lowest BCUT2D eigenvalue weighted by atomic mass is 9.90. The summed E-state index contributed by atoms with van der Waals surface area (Å²) >= 11 is 0. The fourth-order valence-corrected chi connectivity index (χ4v) is 2.05. The van der Waals surface area contributed by atoms with Crippen LogP contribution in [0.3, 0.4) is 0 Å². The van der Waals surface area contributed by atoms with Crippen LogP contribution >= 0.6 is 0 Å². The Morgan fingerprint density at radius 2 is 2.20 bits per heavy atom. The van der Waals surface area contributed by atoms with Crippen LogP contribution in [0.1, 0.15) is 30.4 Å². The van der Waals surface area contributed by atoms with Gasteiger partial charge in [-0.3, -0.25) is 0 Å². The first-order chi connectivity index (χ1) is 7.16. The van der Waals surface area contributed by atoms with Crippen molar-refractivity contribution in [2.45, 2.75) is 32.3 Å². The molecule has 1 aliphatic carbocycles. The van der Waals surface area contributed by atoms with Crippen LogP contribution in [0.15, 0.2) is 24.3 Å². The van der Waals surface area contributed by atoms with Gasteiger partial charge in [-0.15, -0.1) is 0 Å². The van der Waals surface area contributed by atoms with E-state index in [1.54, 1.807) is 6.07 Å². The number of allylic oxidation sites excluding steroid dienone is 1. The molecule has 0 saturated carbocycles. The number of hydrogen-bond donors (Lipinski definition) is 1. The van der Waals surface area contributed by atoms with Gasteiger partial charge < -0.3 is 5.11 Å². The van der Waals surface area contributed by atoms with Crippen LogP contribution in [0.5, 0.6) is 0 Å². The SMILES string of the molecule is Cc1cc(F)ccc1C1=CC[C@@H](O)CC1. The highest BCUT2D eigenvalue weighted by atomic mass is 19.1. The molecule has 1 aromatic carbocycles. The van der Waals surface area contributed by atoms with Crippen LogP contribution in [0.2, 0.25) is 0 Å². The molecule has 1 nitrogen and oxygen atoms in total. The molecule has 15 heavy (non-hydrogen) atoms. The summed E-state index contributed by atoms with van der Waals surface area (Å²) in [5.41, 5.74) is 3.32. The van der Waals surface area contributed by atoms with Gasteiger partial charge in [-0.2, -0.15) is 0 Å². The fraction of sp³-hybridized carbons (Fsp3) is 0.385. The highest BCUT2D eigenvalue weighted by Crippen LogP contribution is 2.29. The Morgan fingerprint density at radius 1 is 1.40 bits per heavy atom. The van der Waals surface area contributed by atoms with Gasteiger partial charge >= 0.3 is 0 Å². The minimum atomic E-state index is -0.200. The van der Waals surface area contributed by atoms with Crippen LogP contribution in [-0.2, 0) is 0 Å². The van der Waals surface area contributed by atoms with Crippen LogP contribution in [-0.4, -0.2) is 11.2 Å². The van der Waals surface area contributed by atoms with Crippen molar-refractivity contribution in [1.82, 2.24) is 0 Å². The average Bonchev–Trinajstić information content (AvgIpc) is 2.20. The second-order valence-electron chi connectivity index (χ2n) is 4.12. The van der Waals surface area contributed by atoms with E-state index in [0.717, 1.165) is 24.0 Å². The third kappa shape index (κ3) is 2.26. The third-order valence-corrected chi connectivity index (χ3v) is 2.92. The number of benzene rings is 1. The number of halogens is 1. The molecule has 0 aliphatic heterocycles. The van der Waals surface area contributed by atoms with Crippen molar-refractivity contribution >= 4 is 5.57 Å². The number of rotatable bonds is 1. The first-order valence-corrected chi connectivity index (χ1v) is 5.30.